The van der Waals surface area contributed by atoms with Gasteiger partial charge in [0.2, 0.25) is 0 Å². The van der Waals surface area contributed by atoms with Crippen molar-refractivity contribution in [3.8, 4) is 22.5 Å². The van der Waals surface area contributed by atoms with Crippen LogP contribution in [-0.2, 0) is 11.1 Å². The Labute approximate surface area is 304 Å². The Bertz CT molecular complexity index is 2210. The van der Waals surface area contributed by atoms with Gasteiger partial charge in [-0.15, -0.1) is 0 Å². The zero-order valence-corrected chi connectivity index (χ0v) is 28.5. The number of nitrogens with one attached hydrogen (secondary N) is 2. The molecule has 0 aliphatic carbocycles. The number of hydrogen-bond donors (Lipinski definition) is 2. The maximum atomic E-state index is 5.58. The SMILES string of the molecule is c1ccc(C2(c3ccccc3)Nc3ccccc3-c3cccc(n3)C(c3ccccc3)(c3ccccc3)Nc3ccccc3-c3cccc2n3)cc1. The second-order valence-electron chi connectivity index (χ2n) is 13.1. The minimum Gasteiger partial charge on any atom is -0.366 e. The lowest BCUT2D eigenvalue weighted by atomic mass is 9.78. The number of fused-ring (bicyclic) bond motifs is 8. The van der Waals surface area contributed by atoms with Crippen molar-refractivity contribution in [3.63, 3.8) is 0 Å². The van der Waals surface area contributed by atoms with Crippen LogP contribution in [0.25, 0.3) is 22.5 Å². The quantitative estimate of drug-likeness (QED) is 0.196. The first-order valence-electron chi connectivity index (χ1n) is 17.7. The number of benzene rings is 6. The highest BCUT2D eigenvalue weighted by molar-refractivity contribution is 5.81. The van der Waals surface area contributed by atoms with E-state index in [0.29, 0.717) is 0 Å². The van der Waals surface area contributed by atoms with Crippen LogP contribution in [-0.4, -0.2) is 9.97 Å². The van der Waals surface area contributed by atoms with E-state index in [1.165, 1.54) is 0 Å². The van der Waals surface area contributed by atoms with Crippen LogP contribution in [0.5, 0.6) is 0 Å². The van der Waals surface area contributed by atoms with E-state index in [1.54, 1.807) is 0 Å². The standard InChI is InChI=1S/C48H36N4/c1-5-19-35(20-6-1)47(36-21-7-2-8-22-36)45-33-17-31-41(49-45)40-28-14-16-30-44(40)52-48(37-23-9-3-10-24-37,38-25-11-4-12-26-38)46-34-18-32-42(50-46)39-27-13-15-29-43(39)51-47/h1-34,51-52H. The number of aromatic nitrogens is 2. The molecular formula is C48H36N4. The fourth-order valence-corrected chi connectivity index (χ4v) is 7.72. The van der Waals surface area contributed by atoms with E-state index in [4.69, 9.17) is 9.97 Å². The molecule has 1 aliphatic rings. The Morgan fingerprint density at radius 1 is 0.288 bits per heavy atom. The van der Waals surface area contributed by atoms with E-state index >= 15 is 0 Å². The van der Waals surface area contributed by atoms with Gasteiger partial charge in [-0.1, -0.05) is 170 Å². The predicted molar refractivity (Wildman–Crippen MR) is 212 cm³/mol. The Kier molecular flexibility index (Phi) is 7.90. The molecule has 0 radical (unpaired) electrons. The largest absolute Gasteiger partial charge is 0.366 e. The molecule has 4 heteroatoms. The molecule has 0 atom stereocenters. The normalized spacial score (nSPS) is 14.0. The number of para-hydroxylation sites is 2. The summed E-state index contributed by atoms with van der Waals surface area (Å²) >= 11 is 0. The highest BCUT2D eigenvalue weighted by Crippen LogP contribution is 2.45. The van der Waals surface area contributed by atoms with Gasteiger partial charge in [-0.3, -0.25) is 0 Å². The minimum atomic E-state index is -0.851. The molecule has 248 valence electrons. The van der Waals surface area contributed by atoms with Crippen LogP contribution in [0.2, 0.25) is 0 Å². The first-order valence-corrected chi connectivity index (χ1v) is 17.7. The molecule has 4 bridgehead atoms. The Balaban J connectivity index is 1.41. The number of nitrogens with zero attached hydrogens (tertiary/aromatic N) is 2. The molecule has 0 fully saturated rings. The molecule has 0 saturated carbocycles. The molecule has 1 aliphatic heterocycles. The molecule has 9 rings (SSSR count). The van der Waals surface area contributed by atoms with Crippen LogP contribution in [0.4, 0.5) is 11.4 Å². The van der Waals surface area contributed by atoms with Gasteiger partial charge in [-0.25, -0.2) is 9.97 Å². The Morgan fingerprint density at radius 2 is 0.596 bits per heavy atom. The molecule has 0 unspecified atom stereocenters. The van der Waals surface area contributed by atoms with Crippen molar-refractivity contribution < 1.29 is 0 Å². The van der Waals surface area contributed by atoms with Crippen molar-refractivity contribution in [2.75, 3.05) is 10.6 Å². The van der Waals surface area contributed by atoms with Gasteiger partial charge in [-0.05, 0) is 58.7 Å². The summed E-state index contributed by atoms with van der Waals surface area (Å²) in [5.74, 6) is 0. The molecule has 4 nitrogen and oxygen atoms in total. The molecule has 3 heterocycles. The fraction of sp³-hybridized carbons (Fsp3) is 0.0417. The van der Waals surface area contributed by atoms with Crippen molar-refractivity contribution in [3.05, 3.63) is 240 Å². The third kappa shape index (κ3) is 5.24. The summed E-state index contributed by atoms with van der Waals surface area (Å²) in [5.41, 5.74) is 9.96. The predicted octanol–water partition coefficient (Wildman–Crippen LogP) is 10.9. The molecule has 0 amide bonds. The average Bonchev–Trinajstić information content (AvgIpc) is 3.23. The Hall–Kier alpha value is -6.78. The van der Waals surface area contributed by atoms with Gasteiger partial charge < -0.3 is 10.6 Å². The maximum Gasteiger partial charge on any atom is 0.131 e. The number of pyridine rings is 2. The van der Waals surface area contributed by atoms with E-state index in [2.05, 4.69) is 217 Å². The van der Waals surface area contributed by atoms with Crippen molar-refractivity contribution in [2.45, 2.75) is 11.1 Å². The molecular weight excluding hydrogens is 633 g/mol. The fourth-order valence-electron chi connectivity index (χ4n) is 7.72. The van der Waals surface area contributed by atoms with Crippen molar-refractivity contribution in [1.29, 1.82) is 0 Å². The molecule has 0 saturated heterocycles. The van der Waals surface area contributed by atoms with Gasteiger partial charge in [0.25, 0.3) is 0 Å². The summed E-state index contributed by atoms with van der Waals surface area (Å²) in [4.78, 5) is 11.2. The molecule has 2 N–H and O–H groups in total. The topological polar surface area (TPSA) is 49.8 Å². The van der Waals surface area contributed by atoms with Gasteiger partial charge in [0.15, 0.2) is 0 Å². The average molecular weight is 669 g/mol. The van der Waals surface area contributed by atoms with Crippen LogP contribution >= 0.6 is 0 Å². The van der Waals surface area contributed by atoms with Crippen molar-refractivity contribution in [2.24, 2.45) is 0 Å². The highest BCUT2D eigenvalue weighted by Gasteiger charge is 2.41. The van der Waals surface area contributed by atoms with Gasteiger partial charge in [0.05, 0.1) is 22.8 Å². The summed E-state index contributed by atoms with van der Waals surface area (Å²) in [6.45, 7) is 0. The molecule has 8 aromatic rings. The third-order valence-electron chi connectivity index (χ3n) is 10.1. The lowest BCUT2D eigenvalue weighted by Crippen LogP contribution is -2.40. The van der Waals surface area contributed by atoms with Crippen LogP contribution in [0, 0.1) is 0 Å². The van der Waals surface area contributed by atoms with E-state index in [0.717, 1.165) is 67.5 Å². The monoisotopic (exact) mass is 668 g/mol. The molecule has 52 heavy (non-hydrogen) atoms. The van der Waals surface area contributed by atoms with Gasteiger partial charge >= 0.3 is 0 Å². The van der Waals surface area contributed by atoms with Crippen LogP contribution in [0.15, 0.2) is 206 Å². The highest BCUT2D eigenvalue weighted by atomic mass is 15.0. The van der Waals surface area contributed by atoms with E-state index in [1.807, 2.05) is 0 Å². The van der Waals surface area contributed by atoms with Gasteiger partial charge in [0, 0.05) is 22.5 Å². The summed E-state index contributed by atoms with van der Waals surface area (Å²) < 4.78 is 0. The zero-order valence-electron chi connectivity index (χ0n) is 28.5. The van der Waals surface area contributed by atoms with E-state index < -0.39 is 11.1 Å². The van der Waals surface area contributed by atoms with Crippen molar-refractivity contribution in [1.82, 2.24) is 9.97 Å². The lowest BCUT2D eigenvalue weighted by molar-refractivity contribution is 0.680. The van der Waals surface area contributed by atoms with Gasteiger partial charge in [0.1, 0.15) is 11.1 Å². The zero-order chi connectivity index (χ0) is 34.8. The minimum absolute atomic E-state index is 0.851. The first kappa shape index (κ1) is 31.2. The van der Waals surface area contributed by atoms with E-state index in [9.17, 15) is 0 Å². The van der Waals surface area contributed by atoms with Gasteiger partial charge in [-0.2, -0.15) is 0 Å². The second kappa shape index (κ2) is 13.2. The lowest BCUT2D eigenvalue weighted by Gasteiger charge is -2.39. The van der Waals surface area contributed by atoms with Crippen molar-refractivity contribution >= 4 is 11.4 Å². The van der Waals surface area contributed by atoms with Crippen LogP contribution in [0.1, 0.15) is 33.6 Å². The first-order chi connectivity index (χ1) is 25.8. The Morgan fingerprint density at radius 3 is 0.942 bits per heavy atom. The van der Waals surface area contributed by atoms with E-state index in [-0.39, 0.29) is 0 Å². The molecule has 6 aromatic carbocycles. The molecule has 2 aromatic heterocycles. The smallest absolute Gasteiger partial charge is 0.131 e. The number of anilines is 2. The summed E-state index contributed by atoms with van der Waals surface area (Å²) in [7, 11) is 0. The number of rotatable bonds is 4. The maximum absolute atomic E-state index is 5.58. The third-order valence-corrected chi connectivity index (χ3v) is 10.1. The van der Waals surface area contributed by atoms with Crippen LogP contribution < -0.4 is 10.6 Å². The summed E-state index contributed by atoms with van der Waals surface area (Å²) in [6.07, 6.45) is 0. The second-order valence-corrected chi connectivity index (χ2v) is 13.1. The van der Waals surface area contributed by atoms with Crippen LogP contribution in [0.3, 0.4) is 0 Å². The summed E-state index contributed by atoms with van der Waals surface area (Å²) in [6, 6.07) is 72.2. The summed E-state index contributed by atoms with van der Waals surface area (Å²) in [5, 5.41) is 8.21. The number of hydrogen-bond acceptors (Lipinski definition) is 4. The molecule has 0 spiro atoms.